The molecule has 0 spiro atoms. The molecule has 1 N–H and O–H groups in total. The van der Waals surface area contributed by atoms with Crippen LogP contribution in [0.2, 0.25) is 0 Å². The van der Waals surface area contributed by atoms with Gasteiger partial charge in [-0.25, -0.2) is 15.0 Å². The Labute approximate surface area is 170 Å². The smallest absolute Gasteiger partial charge is 0.332 e. The molecule has 0 saturated heterocycles. The predicted molar refractivity (Wildman–Crippen MR) is 106 cm³/mol. The summed E-state index contributed by atoms with van der Waals surface area (Å²) in [6, 6.07) is 12.6. The van der Waals surface area contributed by atoms with Gasteiger partial charge in [-0.3, -0.25) is 4.79 Å². The second kappa shape index (κ2) is 7.07. The van der Waals surface area contributed by atoms with E-state index in [0.717, 1.165) is 6.07 Å². The molecule has 0 saturated carbocycles. The van der Waals surface area contributed by atoms with Crippen molar-refractivity contribution in [1.29, 1.82) is 0 Å². The fourth-order valence-corrected chi connectivity index (χ4v) is 3.37. The van der Waals surface area contributed by atoms with Crippen molar-refractivity contribution < 1.29 is 13.2 Å². The van der Waals surface area contributed by atoms with Crippen molar-refractivity contribution in [1.82, 2.24) is 19.9 Å². The maximum atomic E-state index is 13.3. The lowest BCUT2D eigenvalue weighted by atomic mass is 10.0. The third-order valence-corrected chi connectivity index (χ3v) is 4.62. The Balaban J connectivity index is 2.08. The minimum absolute atomic E-state index is 0.0332. The first-order valence-corrected chi connectivity index (χ1v) is 9.24. The molecular formula is C20H12BrF3N4O. The Hall–Kier alpha value is -3.07. The number of pyridine rings is 2. The summed E-state index contributed by atoms with van der Waals surface area (Å²) in [4.78, 5) is 27.8. The summed E-state index contributed by atoms with van der Waals surface area (Å²) in [7, 11) is 0. The van der Waals surface area contributed by atoms with Gasteiger partial charge in [0, 0.05) is 22.9 Å². The standard InChI is InChI=1S/C20H12BrF3N4O/c1-10-7-12(8-14(25-10)20(22,23)24)17-16(11-5-3-2-4-6-11)28-19-18(27-17)13(29)9-15(21)26-19/h2-9H,1H3,(H,26,28,29). The zero-order chi connectivity index (χ0) is 20.8. The summed E-state index contributed by atoms with van der Waals surface area (Å²) in [5, 5.41) is 0. The SMILES string of the molecule is Cc1cc(-c2nc3c(=O)cc(Br)[nH]c3nc2-c2ccccc2)cc(C(F)(F)F)n1. The maximum absolute atomic E-state index is 13.3. The van der Waals surface area contributed by atoms with Crippen LogP contribution in [-0.2, 0) is 6.18 Å². The maximum Gasteiger partial charge on any atom is 0.433 e. The van der Waals surface area contributed by atoms with E-state index < -0.39 is 17.3 Å². The van der Waals surface area contributed by atoms with E-state index in [1.54, 1.807) is 24.3 Å². The molecule has 4 rings (SSSR count). The molecule has 3 aromatic heterocycles. The number of hydrogen-bond donors (Lipinski definition) is 1. The van der Waals surface area contributed by atoms with Crippen LogP contribution < -0.4 is 5.43 Å². The summed E-state index contributed by atoms with van der Waals surface area (Å²) in [5.74, 6) is 0. The van der Waals surface area contributed by atoms with Gasteiger partial charge in [-0.1, -0.05) is 30.3 Å². The molecular weight excluding hydrogens is 449 g/mol. The highest BCUT2D eigenvalue weighted by molar-refractivity contribution is 9.10. The molecule has 0 fully saturated rings. The van der Waals surface area contributed by atoms with Gasteiger partial charge in [-0.15, -0.1) is 0 Å². The Kier molecular flexibility index (Phi) is 4.70. The third kappa shape index (κ3) is 3.77. The largest absolute Gasteiger partial charge is 0.433 e. The summed E-state index contributed by atoms with van der Waals surface area (Å²) in [6.45, 7) is 1.47. The van der Waals surface area contributed by atoms with Gasteiger partial charge in [0.1, 0.15) is 5.69 Å². The lowest BCUT2D eigenvalue weighted by molar-refractivity contribution is -0.141. The van der Waals surface area contributed by atoms with E-state index in [-0.39, 0.29) is 28.1 Å². The molecule has 0 bridgehead atoms. The molecule has 0 amide bonds. The van der Waals surface area contributed by atoms with E-state index in [1.807, 2.05) is 6.07 Å². The lowest BCUT2D eigenvalue weighted by Gasteiger charge is -2.13. The van der Waals surface area contributed by atoms with Crippen molar-refractivity contribution in [2.24, 2.45) is 0 Å². The molecule has 0 aliphatic rings. The number of benzene rings is 1. The minimum Gasteiger partial charge on any atom is -0.332 e. The number of nitrogens with zero attached hydrogens (tertiary/aromatic N) is 3. The predicted octanol–water partition coefficient (Wildman–Crippen LogP) is 5.14. The minimum atomic E-state index is -4.61. The van der Waals surface area contributed by atoms with Crippen LogP contribution in [0.3, 0.4) is 0 Å². The molecule has 0 aliphatic heterocycles. The van der Waals surface area contributed by atoms with Crippen molar-refractivity contribution in [2.75, 3.05) is 0 Å². The van der Waals surface area contributed by atoms with Gasteiger partial charge in [0.05, 0.1) is 16.0 Å². The number of aromatic nitrogens is 4. The molecule has 3 heterocycles. The van der Waals surface area contributed by atoms with Crippen LogP contribution in [0.5, 0.6) is 0 Å². The number of alkyl halides is 3. The highest BCUT2D eigenvalue weighted by Gasteiger charge is 2.33. The Morgan fingerprint density at radius 1 is 0.931 bits per heavy atom. The second-order valence-corrected chi connectivity index (χ2v) is 7.20. The van der Waals surface area contributed by atoms with Crippen molar-refractivity contribution in [3.8, 4) is 22.5 Å². The molecule has 5 nitrogen and oxygen atoms in total. The van der Waals surface area contributed by atoms with Crippen LogP contribution in [0.15, 0.2) is 57.9 Å². The Morgan fingerprint density at radius 3 is 2.31 bits per heavy atom. The van der Waals surface area contributed by atoms with Crippen LogP contribution in [0, 0.1) is 6.92 Å². The summed E-state index contributed by atoms with van der Waals surface area (Å²) in [5.41, 5.74) is 0.373. The molecule has 29 heavy (non-hydrogen) atoms. The van der Waals surface area contributed by atoms with Gasteiger partial charge in [-0.2, -0.15) is 13.2 Å². The molecule has 0 unspecified atom stereocenters. The highest BCUT2D eigenvalue weighted by Crippen LogP contribution is 2.34. The molecule has 0 aliphatic carbocycles. The van der Waals surface area contributed by atoms with E-state index in [9.17, 15) is 18.0 Å². The zero-order valence-corrected chi connectivity index (χ0v) is 16.5. The number of aryl methyl sites for hydroxylation is 1. The number of hydrogen-bond acceptors (Lipinski definition) is 4. The molecule has 1 aromatic carbocycles. The van der Waals surface area contributed by atoms with Gasteiger partial charge in [-0.05, 0) is 35.0 Å². The van der Waals surface area contributed by atoms with Crippen molar-refractivity contribution in [3.63, 3.8) is 0 Å². The second-order valence-electron chi connectivity index (χ2n) is 6.35. The number of nitrogens with one attached hydrogen (secondary N) is 1. The van der Waals surface area contributed by atoms with Crippen LogP contribution in [0.4, 0.5) is 13.2 Å². The topological polar surface area (TPSA) is 71.5 Å². The average Bonchev–Trinajstić information content (AvgIpc) is 2.66. The normalized spacial score (nSPS) is 11.8. The molecule has 9 heteroatoms. The van der Waals surface area contributed by atoms with Crippen molar-refractivity contribution >= 4 is 27.1 Å². The number of halogens is 4. The fraction of sp³-hybridized carbons (Fsp3) is 0.100. The van der Waals surface area contributed by atoms with Crippen LogP contribution in [0.25, 0.3) is 33.7 Å². The van der Waals surface area contributed by atoms with Gasteiger partial charge in [0.2, 0.25) is 5.43 Å². The van der Waals surface area contributed by atoms with E-state index in [4.69, 9.17) is 0 Å². The van der Waals surface area contributed by atoms with Crippen LogP contribution in [-0.4, -0.2) is 19.9 Å². The molecule has 4 aromatic rings. The summed E-state index contributed by atoms with van der Waals surface area (Å²) < 4.78 is 40.3. The summed E-state index contributed by atoms with van der Waals surface area (Å²) in [6.07, 6.45) is -4.61. The molecule has 146 valence electrons. The quantitative estimate of drug-likeness (QED) is 0.420. The van der Waals surface area contributed by atoms with Gasteiger partial charge >= 0.3 is 6.18 Å². The van der Waals surface area contributed by atoms with Crippen molar-refractivity contribution in [3.05, 3.63) is 74.7 Å². The number of rotatable bonds is 2. The number of aromatic amines is 1. The monoisotopic (exact) mass is 460 g/mol. The Morgan fingerprint density at radius 2 is 1.62 bits per heavy atom. The van der Waals surface area contributed by atoms with E-state index in [2.05, 4.69) is 35.9 Å². The molecule has 0 radical (unpaired) electrons. The van der Waals surface area contributed by atoms with Crippen LogP contribution >= 0.6 is 15.9 Å². The van der Waals surface area contributed by atoms with E-state index in [1.165, 1.54) is 19.1 Å². The van der Waals surface area contributed by atoms with E-state index >= 15 is 0 Å². The Bertz CT molecular complexity index is 1290. The molecule has 0 atom stereocenters. The zero-order valence-electron chi connectivity index (χ0n) is 14.9. The van der Waals surface area contributed by atoms with Gasteiger partial charge < -0.3 is 4.98 Å². The fourth-order valence-electron chi connectivity index (χ4n) is 2.98. The highest BCUT2D eigenvalue weighted by atomic mass is 79.9. The first kappa shape index (κ1) is 19.3. The van der Waals surface area contributed by atoms with Crippen LogP contribution in [0.1, 0.15) is 11.4 Å². The first-order valence-electron chi connectivity index (χ1n) is 8.44. The third-order valence-electron chi connectivity index (χ3n) is 4.19. The average molecular weight is 461 g/mol. The number of fused-ring (bicyclic) bond motifs is 1. The van der Waals surface area contributed by atoms with Crippen molar-refractivity contribution in [2.45, 2.75) is 13.1 Å². The van der Waals surface area contributed by atoms with Gasteiger partial charge in [0.25, 0.3) is 0 Å². The van der Waals surface area contributed by atoms with E-state index in [0.29, 0.717) is 15.9 Å². The first-order chi connectivity index (χ1) is 13.7. The number of H-pyrrole nitrogens is 1. The lowest BCUT2D eigenvalue weighted by Crippen LogP contribution is -2.10. The summed E-state index contributed by atoms with van der Waals surface area (Å²) >= 11 is 3.21. The van der Waals surface area contributed by atoms with Gasteiger partial charge in [0.15, 0.2) is 11.2 Å².